The first-order valence-corrected chi connectivity index (χ1v) is 6.12. The molecule has 0 saturated heterocycles. The molecule has 16 heavy (non-hydrogen) atoms. The predicted octanol–water partition coefficient (Wildman–Crippen LogP) is 3.49. The summed E-state index contributed by atoms with van der Waals surface area (Å²) in [5.74, 6) is -0.203. The Labute approximate surface area is 112 Å². The van der Waals surface area contributed by atoms with Gasteiger partial charge in [0.1, 0.15) is 9.32 Å². The second kappa shape index (κ2) is 5.39. The number of rotatable bonds is 3. The number of aromatic nitrogens is 1. The van der Waals surface area contributed by atoms with Crippen LogP contribution >= 0.6 is 38.5 Å². The maximum absolute atomic E-state index is 12.1. The van der Waals surface area contributed by atoms with Crippen molar-refractivity contribution in [2.45, 2.75) is 11.7 Å². The number of halogens is 5. The molecule has 3 nitrogen and oxygen atoms in total. The number of alkyl halides is 4. The molecule has 0 amide bonds. The fourth-order valence-corrected chi connectivity index (χ4v) is 1.83. The zero-order valence-electron chi connectivity index (χ0n) is 7.94. The topological polar surface area (TPSA) is 31.4 Å². The van der Waals surface area contributed by atoms with Crippen molar-refractivity contribution in [2.75, 3.05) is 7.11 Å². The summed E-state index contributed by atoms with van der Waals surface area (Å²) in [6.45, 7) is 0. The molecule has 1 rings (SSSR count). The Morgan fingerprint density at radius 2 is 2.12 bits per heavy atom. The second-order valence-corrected chi connectivity index (χ2v) is 4.26. The largest absolute Gasteiger partial charge is 0.573 e. The van der Waals surface area contributed by atoms with Crippen LogP contribution in [0.15, 0.2) is 6.07 Å². The highest BCUT2D eigenvalue weighted by Crippen LogP contribution is 2.33. The van der Waals surface area contributed by atoms with Gasteiger partial charge in [0.2, 0.25) is 5.88 Å². The molecule has 0 aliphatic carbocycles. The van der Waals surface area contributed by atoms with Crippen LogP contribution in [0.25, 0.3) is 0 Å². The summed E-state index contributed by atoms with van der Waals surface area (Å²) >= 11 is 4.79. The molecule has 1 heterocycles. The SMILES string of the molecule is COc1nc(CBr)cc(OC(F)(F)F)c1I. The Kier molecular flexibility index (Phi) is 4.65. The quantitative estimate of drug-likeness (QED) is 0.563. The lowest BCUT2D eigenvalue weighted by atomic mass is 10.3. The minimum atomic E-state index is -4.73. The highest BCUT2D eigenvalue weighted by atomic mass is 127. The summed E-state index contributed by atoms with van der Waals surface area (Å²) in [5.41, 5.74) is 0.400. The number of pyridine rings is 1. The molecule has 8 heteroatoms. The maximum Gasteiger partial charge on any atom is 0.573 e. The van der Waals surface area contributed by atoms with Crippen LogP contribution in [0.1, 0.15) is 5.69 Å². The molecule has 90 valence electrons. The van der Waals surface area contributed by atoms with E-state index in [1.54, 1.807) is 22.6 Å². The van der Waals surface area contributed by atoms with Crippen molar-refractivity contribution in [3.05, 3.63) is 15.3 Å². The molecule has 0 saturated carbocycles. The Morgan fingerprint density at radius 3 is 2.56 bits per heavy atom. The van der Waals surface area contributed by atoms with Crippen molar-refractivity contribution < 1.29 is 22.6 Å². The number of nitrogens with zero attached hydrogens (tertiary/aromatic N) is 1. The maximum atomic E-state index is 12.1. The van der Waals surface area contributed by atoms with Crippen LogP contribution in [0, 0.1) is 3.57 Å². The minimum Gasteiger partial charge on any atom is -0.480 e. The molecule has 0 radical (unpaired) electrons. The summed E-state index contributed by atoms with van der Waals surface area (Å²) in [6.07, 6.45) is -4.73. The highest BCUT2D eigenvalue weighted by Gasteiger charge is 2.33. The van der Waals surface area contributed by atoms with Crippen molar-refractivity contribution in [3.63, 3.8) is 0 Å². The fraction of sp³-hybridized carbons (Fsp3) is 0.375. The van der Waals surface area contributed by atoms with E-state index in [1.165, 1.54) is 13.2 Å². The van der Waals surface area contributed by atoms with Crippen LogP contribution in [0.3, 0.4) is 0 Å². The van der Waals surface area contributed by atoms with Gasteiger partial charge in [-0.3, -0.25) is 0 Å². The molecule has 0 bridgehead atoms. The molecule has 0 aliphatic rings. The number of methoxy groups -OCH3 is 1. The van der Waals surface area contributed by atoms with Gasteiger partial charge in [-0.1, -0.05) is 15.9 Å². The van der Waals surface area contributed by atoms with Crippen molar-refractivity contribution in [3.8, 4) is 11.6 Å². The van der Waals surface area contributed by atoms with Crippen LogP contribution in [0.5, 0.6) is 11.6 Å². The van der Waals surface area contributed by atoms with Crippen molar-refractivity contribution >= 4 is 38.5 Å². The first kappa shape index (κ1) is 13.8. The van der Waals surface area contributed by atoms with Gasteiger partial charge in [0.25, 0.3) is 0 Å². The van der Waals surface area contributed by atoms with E-state index in [2.05, 4.69) is 25.7 Å². The summed E-state index contributed by atoms with van der Waals surface area (Å²) < 4.78 is 45.2. The monoisotopic (exact) mass is 411 g/mol. The van der Waals surface area contributed by atoms with Gasteiger partial charge in [-0.2, -0.15) is 0 Å². The molecule has 0 aromatic carbocycles. The molecule has 0 N–H and O–H groups in total. The average Bonchev–Trinajstić information content (AvgIpc) is 2.19. The van der Waals surface area contributed by atoms with Crippen LogP contribution in [0.4, 0.5) is 13.2 Å². The number of ether oxygens (including phenoxy) is 2. The first-order valence-electron chi connectivity index (χ1n) is 3.92. The van der Waals surface area contributed by atoms with Crippen LogP contribution < -0.4 is 9.47 Å². The van der Waals surface area contributed by atoms with E-state index in [-0.39, 0.29) is 15.2 Å². The molecule has 1 aromatic rings. The Bertz CT molecular complexity index is 386. The van der Waals surface area contributed by atoms with Gasteiger partial charge < -0.3 is 9.47 Å². The second-order valence-electron chi connectivity index (χ2n) is 2.62. The normalized spacial score (nSPS) is 11.4. The van der Waals surface area contributed by atoms with Gasteiger partial charge in [-0.05, 0) is 22.6 Å². The average molecular weight is 412 g/mol. The molecular weight excluding hydrogens is 406 g/mol. The van der Waals surface area contributed by atoms with Crippen molar-refractivity contribution in [2.24, 2.45) is 0 Å². The lowest BCUT2D eigenvalue weighted by Gasteiger charge is -2.13. The summed E-state index contributed by atoms with van der Waals surface area (Å²) in [7, 11) is 1.33. The Morgan fingerprint density at radius 1 is 1.50 bits per heavy atom. The van der Waals surface area contributed by atoms with E-state index >= 15 is 0 Å². The molecule has 0 atom stereocenters. The van der Waals surface area contributed by atoms with Gasteiger partial charge in [0.05, 0.1) is 12.8 Å². The third-order valence-electron chi connectivity index (χ3n) is 1.50. The lowest BCUT2D eigenvalue weighted by molar-refractivity contribution is -0.275. The summed E-state index contributed by atoms with van der Waals surface area (Å²) in [4.78, 5) is 3.98. The van der Waals surface area contributed by atoms with Crippen molar-refractivity contribution in [1.29, 1.82) is 0 Å². The van der Waals surface area contributed by atoms with Gasteiger partial charge in [0, 0.05) is 11.4 Å². The van der Waals surface area contributed by atoms with Gasteiger partial charge >= 0.3 is 6.36 Å². The third kappa shape index (κ3) is 3.65. The lowest BCUT2D eigenvalue weighted by Crippen LogP contribution is -2.18. The van der Waals surface area contributed by atoms with E-state index < -0.39 is 6.36 Å². The van der Waals surface area contributed by atoms with Crippen LogP contribution in [0.2, 0.25) is 0 Å². The van der Waals surface area contributed by atoms with E-state index in [1.807, 2.05) is 0 Å². The van der Waals surface area contributed by atoms with E-state index in [0.29, 0.717) is 11.0 Å². The molecule has 1 aromatic heterocycles. The molecule has 0 aliphatic heterocycles. The predicted molar refractivity (Wildman–Crippen MR) is 62.8 cm³/mol. The van der Waals surface area contributed by atoms with Crippen molar-refractivity contribution in [1.82, 2.24) is 4.98 Å². The van der Waals surface area contributed by atoms with E-state index in [0.717, 1.165) is 0 Å². The van der Waals surface area contributed by atoms with Crippen LogP contribution in [-0.2, 0) is 5.33 Å². The molecular formula is C8H6BrF3INO2. The van der Waals surface area contributed by atoms with E-state index in [9.17, 15) is 13.2 Å². The standard InChI is InChI=1S/C8H6BrF3INO2/c1-15-7-6(13)5(16-8(10,11)12)2-4(3-9)14-7/h2H,3H2,1H3. The summed E-state index contributed by atoms with van der Waals surface area (Å²) in [6, 6.07) is 1.21. The molecule has 0 fully saturated rings. The van der Waals surface area contributed by atoms with Gasteiger partial charge in [-0.15, -0.1) is 13.2 Å². The zero-order valence-corrected chi connectivity index (χ0v) is 11.7. The number of hydrogen-bond acceptors (Lipinski definition) is 3. The highest BCUT2D eigenvalue weighted by molar-refractivity contribution is 14.1. The Hall–Kier alpha value is -0.250. The Balaban J connectivity index is 3.16. The van der Waals surface area contributed by atoms with Gasteiger partial charge in [0.15, 0.2) is 0 Å². The van der Waals surface area contributed by atoms with Crippen LogP contribution in [-0.4, -0.2) is 18.5 Å². The van der Waals surface area contributed by atoms with Gasteiger partial charge in [-0.25, -0.2) is 4.98 Å². The van der Waals surface area contributed by atoms with E-state index in [4.69, 9.17) is 4.74 Å². The minimum absolute atomic E-state index is 0.108. The molecule has 0 spiro atoms. The fourth-order valence-electron chi connectivity index (χ4n) is 0.935. The summed E-state index contributed by atoms with van der Waals surface area (Å²) in [5, 5.41) is 0.314. The number of hydrogen-bond donors (Lipinski definition) is 0. The smallest absolute Gasteiger partial charge is 0.480 e. The molecule has 0 unspecified atom stereocenters. The zero-order chi connectivity index (χ0) is 12.3. The third-order valence-corrected chi connectivity index (χ3v) is 3.07. The first-order chi connectivity index (χ1) is 7.37.